The maximum Gasteiger partial charge on any atom is 0.338 e. The second-order valence-electron chi connectivity index (χ2n) is 5.73. The van der Waals surface area contributed by atoms with Gasteiger partial charge in [-0.25, -0.2) is 4.79 Å². The number of nitrogens with zero attached hydrogens (tertiary/aromatic N) is 1. The van der Waals surface area contributed by atoms with Crippen molar-refractivity contribution < 1.29 is 18.8 Å². The molecule has 1 aromatic heterocycles. The van der Waals surface area contributed by atoms with Crippen LogP contribution in [0.2, 0.25) is 0 Å². The number of amides is 1. The number of rotatable bonds is 4. The Morgan fingerprint density at radius 3 is 2.03 bits per heavy atom. The van der Waals surface area contributed by atoms with Crippen LogP contribution in [0.3, 0.4) is 0 Å². The molecule has 2 N–H and O–H groups in total. The first kappa shape index (κ1) is 25.8. The van der Waals surface area contributed by atoms with E-state index >= 15 is 0 Å². The van der Waals surface area contributed by atoms with Crippen LogP contribution in [0.4, 0.5) is 0 Å². The second kappa shape index (κ2) is 14.7. The van der Waals surface area contributed by atoms with Gasteiger partial charge in [0.15, 0.2) is 12.4 Å². The Balaban J connectivity index is 0.000000414. The van der Waals surface area contributed by atoms with E-state index in [4.69, 9.17) is 15.0 Å². The van der Waals surface area contributed by atoms with Crippen LogP contribution in [0.25, 0.3) is 22.2 Å². The van der Waals surface area contributed by atoms with Crippen LogP contribution in [0.5, 0.6) is 0 Å². The van der Waals surface area contributed by atoms with Crippen molar-refractivity contribution in [1.82, 2.24) is 5.16 Å². The highest BCUT2D eigenvalue weighted by Crippen LogP contribution is 2.29. The molecule has 0 aliphatic rings. The number of nitrogens with two attached hydrogens (primary N) is 1. The molecule has 6 nitrogen and oxygen atoms in total. The van der Waals surface area contributed by atoms with Crippen LogP contribution in [0.15, 0.2) is 119 Å². The van der Waals surface area contributed by atoms with Gasteiger partial charge < -0.3 is 15.0 Å². The number of esters is 1. The van der Waals surface area contributed by atoms with E-state index in [-0.39, 0.29) is 0 Å². The van der Waals surface area contributed by atoms with Gasteiger partial charge in [0.2, 0.25) is 0 Å². The summed E-state index contributed by atoms with van der Waals surface area (Å²) in [4.78, 5) is 22.5. The fraction of sp³-hybridized carbons (Fsp3) is 0.0370. The first-order valence-electron chi connectivity index (χ1n) is 9.22. The lowest BCUT2D eigenvalue weighted by atomic mass is 10.1. The molecule has 0 unspecified atom stereocenters. The molecule has 0 radical (unpaired) electrons. The van der Waals surface area contributed by atoms with Crippen LogP contribution in [-0.4, -0.2) is 23.6 Å². The highest BCUT2D eigenvalue weighted by Gasteiger charge is 2.15. The molecular weight excluding hydrogens is 416 g/mol. The van der Waals surface area contributed by atoms with E-state index in [1.54, 1.807) is 18.2 Å². The third-order valence-electron chi connectivity index (χ3n) is 3.51. The SMILES string of the molecule is C=C=C=C=C.C=C=C=C=C=C.NC(=O)COC(=O)c1ccc2noc(-c3ccccc3)c2c1. The molecule has 0 aliphatic heterocycles. The maximum absolute atomic E-state index is 11.9. The Morgan fingerprint density at radius 2 is 1.52 bits per heavy atom. The van der Waals surface area contributed by atoms with E-state index in [0.29, 0.717) is 22.2 Å². The van der Waals surface area contributed by atoms with Gasteiger partial charge in [0.25, 0.3) is 5.91 Å². The molecule has 0 saturated heterocycles. The topological polar surface area (TPSA) is 95.4 Å². The summed E-state index contributed by atoms with van der Waals surface area (Å²) in [6, 6.07) is 14.3. The van der Waals surface area contributed by atoms with Crippen molar-refractivity contribution in [2.24, 2.45) is 5.73 Å². The normalized spacial score (nSPS) is 8.12. The Kier molecular flexibility index (Phi) is 11.5. The number of primary amides is 1. The summed E-state index contributed by atoms with van der Waals surface area (Å²) in [5.41, 5.74) is 23.3. The molecule has 0 aliphatic carbocycles. The van der Waals surface area contributed by atoms with Gasteiger partial charge in [0.1, 0.15) is 5.52 Å². The van der Waals surface area contributed by atoms with Gasteiger partial charge >= 0.3 is 5.97 Å². The van der Waals surface area contributed by atoms with E-state index < -0.39 is 18.5 Å². The Labute approximate surface area is 191 Å². The van der Waals surface area contributed by atoms with E-state index in [1.165, 1.54) is 0 Å². The summed E-state index contributed by atoms with van der Waals surface area (Å²) in [5, 5.41) is 4.66. The first-order chi connectivity index (χ1) is 16.0. The molecule has 1 heterocycles. The standard InChI is InChI=1S/C16H12N2O4.C6H4.C5H4/c17-14(19)9-21-16(20)11-6-7-13-12(8-11)15(22-18-13)10-4-2-1-3-5-10;1-3-5-6-4-2;1-3-5-4-2/h1-8H,9H2,(H2,17,19);1-2H2;1-2H2. The zero-order valence-corrected chi connectivity index (χ0v) is 17.8. The third-order valence-corrected chi connectivity index (χ3v) is 3.51. The smallest absolute Gasteiger partial charge is 0.338 e. The van der Waals surface area contributed by atoms with Crippen molar-refractivity contribution in [3.8, 4) is 11.3 Å². The summed E-state index contributed by atoms with van der Waals surface area (Å²) >= 11 is 0. The molecule has 6 heteroatoms. The number of hydrogen-bond donors (Lipinski definition) is 1. The number of aromatic nitrogens is 1. The molecule has 0 spiro atoms. The van der Waals surface area contributed by atoms with Crippen molar-refractivity contribution in [2.45, 2.75) is 0 Å². The zero-order valence-electron chi connectivity index (χ0n) is 17.8. The fourth-order valence-corrected chi connectivity index (χ4v) is 2.24. The highest BCUT2D eigenvalue weighted by atomic mass is 16.5. The van der Waals surface area contributed by atoms with E-state index in [2.05, 4.69) is 71.6 Å². The van der Waals surface area contributed by atoms with Crippen molar-refractivity contribution in [3.05, 3.63) is 121 Å². The lowest BCUT2D eigenvalue weighted by Crippen LogP contribution is -2.20. The molecule has 33 heavy (non-hydrogen) atoms. The first-order valence-corrected chi connectivity index (χ1v) is 9.22. The molecule has 0 bridgehead atoms. The summed E-state index contributed by atoms with van der Waals surface area (Å²) in [7, 11) is 0. The number of benzene rings is 2. The molecular formula is C27H20N2O4. The lowest BCUT2D eigenvalue weighted by molar-refractivity contribution is -0.121. The van der Waals surface area contributed by atoms with E-state index in [0.717, 1.165) is 5.56 Å². The average molecular weight is 436 g/mol. The summed E-state index contributed by atoms with van der Waals surface area (Å²) in [6.07, 6.45) is 0. The minimum atomic E-state index is -0.704. The van der Waals surface area contributed by atoms with Crippen LogP contribution in [0.1, 0.15) is 10.4 Å². The quantitative estimate of drug-likeness (QED) is 0.467. The number of ether oxygens (including phenoxy) is 1. The van der Waals surface area contributed by atoms with Gasteiger partial charge in [-0.05, 0) is 61.7 Å². The van der Waals surface area contributed by atoms with Crippen molar-refractivity contribution in [1.29, 1.82) is 0 Å². The van der Waals surface area contributed by atoms with Crippen LogP contribution in [0, 0.1) is 0 Å². The monoisotopic (exact) mass is 436 g/mol. The van der Waals surface area contributed by atoms with Crippen molar-refractivity contribution in [3.63, 3.8) is 0 Å². The number of carbonyl (C=O) groups excluding carboxylic acids is 2. The predicted octanol–water partition coefficient (Wildman–Crippen LogP) is 4.83. The predicted molar refractivity (Wildman–Crippen MR) is 126 cm³/mol. The van der Waals surface area contributed by atoms with E-state index in [1.807, 2.05) is 30.3 Å². The molecule has 0 atom stereocenters. The molecule has 3 aromatic rings. The molecule has 3 rings (SSSR count). The summed E-state index contributed by atoms with van der Waals surface area (Å²) < 4.78 is 10.2. The Hall–Kier alpha value is -5.21. The highest BCUT2D eigenvalue weighted by molar-refractivity contribution is 5.99. The van der Waals surface area contributed by atoms with Gasteiger partial charge in [0, 0.05) is 5.56 Å². The van der Waals surface area contributed by atoms with Crippen molar-refractivity contribution >= 4 is 22.8 Å². The summed E-state index contributed by atoms with van der Waals surface area (Å²) in [5.74, 6) is -0.759. The second-order valence-corrected chi connectivity index (χ2v) is 5.73. The maximum atomic E-state index is 11.9. The van der Waals surface area contributed by atoms with Gasteiger partial charge in [-0.1, -0.05) is 58.4 Å². The number of carbonyl (C=O) groups is 2. The minimum Gasteiger partial charge on any atom is -0.452 e. The molecule has 2 aromatic carbocycles. The summed E-state index contributed by atoms with van der Waals surface area (Å²) in [6.45, 7) is 12.4. The fourth-order valence-electron chi connectivity index (χ4n) is 2.24. The van der Waals surface area contributed by atoms with Crippen LogP contribution >= 0.6 is 0 Å². The number of hydrogen-bond acceptors (Lipinski definition) is 5. The molecule has 0 saturated carbocycles. The minimum absolute atomic E-state index is 0.300. The molecule has 162 valence electrons. The van der Waals surface area contributed by atoms with Gasteiger partial charge in [-0.15, -0.1) is 0 Å². The van der Waals surface area contributed by atoms with E-state index in [9.17, 15) is 9.59 Å². The zero-order chi connectivity index (χ0) is 24.5. The third kappa shape index (κ3) is 8.99. The van der Waals surface area contributed by atoms with Crippen molar-refractivity contribution in [2.75, 3.05) is 6.61 Å². The van der Waals surface area contributed by atoms with Gasteiger partial charge in [-0.3, -0.25) is 4.79 Å². The van der Waals surface area contributed by atoms with Gasteiger partial charge in [-0.2, -0.15) is 0 Å². The Morgan fingerprint density at radius 1 is 0.909 bits per heavy atom. The van der Waals surface area contributed by atoms with Crippen LogP contribution < -0.4 is 5.73 Å². The van der Waals surface area contributed by atoms with Crippen LogP contribution in [-0.2, 0) is 9.53 Å². The average Bonchev–Trinajstić information content (AvgIpc) is 3.26. The van der Waals surface area contributed by atoms with Gasteiger partial charge in [0.05, 0.1) is 10.9 Å². The number of fused-ring (bicyclic) bond motifs is 1. The Bertz CT molecular complexity index is 1340. The molecule has 1 amide bonds. The lowest BCUT2D eigenvalue weighted by Gasteiger charge is -2.02. The molecule has 0 fully saturated rings. The largest absolute Gasteiger partial charge is 0.452 e.